The molecule has 3 atom stereocenters. The molecule has 2 aromatic heterocycles. The van der Waals surface area contributed by atoms with E-state index >= 15 is 0 Å². The standard InChI is InChI=1S/C22H23N3O2/c1-15-14-18(15)19-10-8-17(27-19)9-11-20(26)24-21(16-6-4-3-5-7-16)22-23-12-13-25(22)2/h3-13,15,18,21H,14H2,1-2H3,(H,24,26)/b11-9-/t15-,18+,21-/m1/s1. The van der Waals surface area contributed by atoms with Crippen LogP contribution in [0.5, 0.6) is 0 Å². The van der Waals surface area contributed by atoms with E-state index in [-0.39, 0.29) is 11.9 Å². The molecule has 0 unspecified atom stereocenters. The van der Waals surface area contributed by atoms with Gasteiger partial charge in [0.15, 0.2) is 0 Å². The van der Waals surface area contributed by atoms with Gasteiger partial charge in [-0.3, -0.25) is 4.79 Å². The number of carbonyl (C=O) groups excluding carboxylic acids is 1. The maximum absolute atomic E-state index is 12.5. The molecule has 4 rings (SSSR count). The first-order valence-electron chi connectivity index (χ1n) is 9.22. The third-order valence-electron chi connectivity index (χ3n) is 5.06. The van der Waals surface area contributed by atoms with Crippen molar-refractivity contribution in [2.75, 3.05) is 0 Å². The first kappa shape index (κ1) is 17.3. The number of aromatic nitrogens is 2. The number of rotatable bonds is 6. The van der Waals surface area contributed by atoms with Gasteiger partial charge < -0.3 is 14.3 Å². The fraction of sp³-hybridized carbons (Fsp3) is 0.273. The van der Waals surface area contributed by atoms with Crippen molar-refractivity contribution in [2.45, 2.75) is 25.3 Å². The molecular weight excluding hydrogens is 338 g/mol. The van der Waals surface area contributed by atoms with Gasteiger partial charge in [0.1, 0.15) is 23.4 Å². The van der Waals surface area contributed by atoms with E-state index in [1.807, 2.05) is 60.3 Å². The van der Waals surface area contributed by atoms with Crippen LogP contribution in [0.4, 0.5) is 0 Å². The minimum atomic E-state index is -0.317. The zero-order valence-corrected chi connectivity index (χ0v) is 15.5. The number of aryl methyl sites for hydroxylation is 1. The molecule has 5 heteroatoms. The van der Waals surface area contributed by atoms with E-state index < -0.39 is 0 Å². The Morgan fingerprint density at radius 2 is 2.07 bits per heavy atom. The van der Waals surface area contributed by atoms with Crippen LogP contribution in [0.2, 0.25) is 0 Å². The number of nitrogens with zero attached hydrogens (tertiary/aromatic N) is 2. The van der Waals surface area contributed by atoms with Crippen LogP contribution in [0.1, 0.15) is 48.2 Å². The van der Waals surface area contributed by atoms with E-state index in [0.717, 1.165) is 17.1 Å². The SMILES string of the molecule is C[C@@H]1C[C@@H]1c1ccc(/C=C\C(=O)N[C@H](c2ccccc2)c2nccn2C)o1. The van der Waals surface area contributed by atoms with Crippen LogP contribution >= 0.6 is 0 Å². The Kier molecular flexibility index (Phi) is 4.67. The summed E-state index contributed by atoms with van der Waals surface area (Å²) in [6.45, 7) is 2.22. The molecule has 27 heavy (non-hydrogen) atoms. The van der Waals surface area contributed by atoms with Gasteiger partial charge in [0, 0.05) is 31.4 Å². The van der Waals surface area contributed by atoms with Crippen LogP contribution in [-0.2, 0) is 11.8 Å². The highest BCUT2D eigenvalue weighted by molar-refractivity contribution is 5.91. The topological polar surface area (TPSA) is 60.1 Å². The highest BCUT2D eigenvalue weighted by atomic mass is 16.3. The lowest BCUT2D eigenvalue weighted by Crippen LogP contribution is -2.29. The molecule has 1 fully saturated rings. The molecule has 1 aliphatic rings. The van der Waals surface area contributed by atoms with Gasteiger partial charge in [-0.25, -0.2) is 4.98 Å². The molecule has 2 heterocycles. The molecule has 1 N–H and O–H groups in total. The van der Waals surface area contributed by atoms with Gasteiger partial charge in [-0.15, -0.1) is 0 Å². The number of imidazole rings is 1. The fourth-order valence-corrected chi connectivity index (χ4v) is 3.32. The summed E-state index contributed by atoms with van der Waals surface area (Å²) in [4.78, 5) is 16.9. The third-order valence-corrected chi connectivity index (χ3v) is 5.06. The van der Waals surface area contributed by atoms with E-state index in [4.69, 9.17) is 4.42 Å². The van der Waals surface area contributed by atoms with Crippen LogP contribution in [-0.4, -0.2) is 15.5 Å². The van der Waals surface area contributed by atoms with E-state index in [2.05, 4.69) is 17.2 Å². The number of nitrogens with one attached hydrogen (secondary N) is 1. The van der Waals surface area contributed by atoms with Gasteiger partial charge in [0.2, 0.25) is 5.91 Å². The van der Waals surface area contributed by atoms with Crippen LogP contribution < -0.4 is 5.32 Å². The highest BCUT2D eigenvalue weighted by Gasteiger charge is 2.36. The highest BCUT2D eigenvalue weighted by Crippen LogP contribution is 2.47. The maximum Gasteiger partial charge on any atom is 0.244 e. The van der Waals surface area contributed by atoms with Crippen LogP contribution in [0.3, 0.4) is 0 Å². The summed E-state index contributed by atoms with van der Waals surface area (Å²) in [6, 6.07) is 13.4. The zero-order valence-electron chi connectivity index (χ0n) is 15.5. The smallest absolute Gasteiger partial charge is 0.244 e. The number of furan rings is 1. The summed E-state index contributed by atoms with van der Waals surface area (Å²) in [5, 5.41) is 3.05. The summed E-state index contributed by atoms with van der Waals surface area (Å²) >= 11 is 0. The lowest BCUT2D eigenvalue weighted by molar-refractivity contribution is -0.117. The molecule has 1 amide bonds. The molecule has 1 aromatic carbocycles. The molecule has 0 saturated heterocycles. The summed E-state index contributed by atoms with van der Waals surface area (Å²) in [6.07, 6.45) is 8.01. The normalized spacial score (nSPS) is 19.9. The second-order valence-electron chi connectivity index (χ2n) is 7.14. The van der Waals surface area contributed by atoms with E-state index in [9.17, 15) is 4.79 Å². The molecule has 5 nitrogen and oxygen atoms in total. The number of hydrogen-bond acceptors (Lipinski definition) is 3. The van der Waals surface area contributed by atoms with Crippen molar-refractivity contribution in [3.05, 3.63) is 83.8 Å². The molecule has 1 aliphatic carbocycles. The van der Waals surface area contributed by atoms with Gasteiger partial charge in [0.25, 0.3) is 0 Å². The Morgan fingerprint density at radius 3 is 2.74 bits per heavy atom. The van der Waals surface area contributed by atoms with E-state index in [0.29, 0.717) is 17.6 Å². The summed E-state index contributed by atoms with van der Waals surface area (Å²) in [7, 11) is 1.92. The van der Waals surface area contributed by atoms with Crippen molar-refractivity contribution in [3.8, 4) is 0 Å². The summed E-state index contributed by atoms with van der Waals surface area (Å²) < 4.78 is 7.74. The second-order valence-corrected chi connectivity index (χ2v) is 7.14. The van der Waals surface area contributed by atoms with Crippen molar-refractivity contribution >= 4 is 12.0 Å². The van der Waals surface area contributed by atoms with Crippen molar-refractivity contribution in [2.24, 2.45) is 13.0 Å². The minimum absolute atomic E-state index is 0.190. The molecule has 0 bridgehead atoms. The molecule has 0 aliphatic heterocycles. The average molecular weight is 361 g/mol. The van der Waals surface area contributed by atoms with Gasteiger partial charge in [-0.05, 0) is 36.1 Å². The first-order valence-corrected chi connectivity index (χ1v) is 9.22. The largest absolute Gasteiger partial charge is 0.461 e. The summed E-state index contributed by atoms with van der Waals surface area (Å²) in [5.74, 6) is 3.54. The fourth-order valence-electron chi connectivity index (χ4n) is 3.32. The monoisotopic (exact) mass is 361 g/mol. The summed E-state index contributed by atoms with van der Waals surface area (Å²) in [5.41, 5.74) is 0.983. The van der Waals surface area contributed by atoms with Gasteiger partial charge >= 0.3 is 0 Å². The van der Waals surface area contributed by atoms with Crippen LogP contribution in [0.25, 0.3) is 6.08 Å². The first-order chi connectivity index (χ1) is 13.1. The molecule has 1 saturated carbocycles. The number of amides is 1. The van der Waals surface area contributed by atoms with Crippen molar-refractivity contribution in [3.63, 3.8) is 0 Å². The van der Waals surface area contributed by atoms with Crippen molar-refractivity contribution < 1.29 is 9.21 Å². The molecule has 0 radical (unpaired) electrons. The van der Waals surface area contributed by atoms with Gasteiger partial charge in [0.05, 0.1) is 0 Å². The van der Waals surface area contributed by atoms with Crippen molar-refractivity contribution in [1.29, 1.82) is 0 Å². The molecule has 0 spiro atoms. The van der Waals surface area contributed by atoms with Crippen LogP contribution in [0, 0.1) is 5.92 Å². The van der Waals surface area contributed by atoms with E-state index in [1.54, 1.807) is 12.3 Å². The lowest BCUT2D eigenvalue weighted by Gasteiger charge is -2.18. The Balaban J connectivity index is 1.48. The van der Waals surface area contributed by atoms with Crippen molar-refractivity contribution in [1.82, 2.24) is 14.9 Å². The molecule has 3 aromatic rings. The molecule has 138 valence electrons. The van der Waals surface area contributed by atoms with E-state index in [1.165, 1.54) is 12.5 Å². The molecular formula is C22H23N3O2. The Morgan fingerprint density at radius 1 is 1.30 bits per heavy atom. The van der Waals surface area contributed by atoms with Gasteiger partial charge in [-0.2, -0.15) is 0 Å². The number of benzene rings is 1. The average Bonchev–Trinajstić information content (AvgIpc) is 3.06. The van der Waals surface area contributed by atoms with Gasteiger partial charge in [-0.1, -0.05) is 37.3 Å². The predicted molar refractivity (Wildman–Crippen MR) is 104 cm³/mol. The zero-order chi connectivity index (χ0) is 18.8. The maximum atomic E-state index is 12.5. The number of hydrogen-bond donors (Lipinski definition) is 1. The quantitative estimate of drug-likeness (QED) is 0.674. The predicted octanol–water partition coefficient (Wildman–Crippen LogP) is 4.06. The number of carbonyl (C=O) groups is 1. The Bertz CT molecular complexity index is 955. The Labute approximate surface area is 158 Å². The second kappa shape index (κ2) is 7.27. The lowest BCUT2D eigenvalue weighted by atomic mass is 10.1. The minimum Gasteiger partial charge on any atom is -0.461 e. The Hall–Kier alpha value is -3.08. The third kappa shape index (κ3) is 3.87. The van der Waals surface area contributed by atoms with Crippen LogP contribution in [0.15, 0.2) is 65.4 Å².